The zero-order valence-electron chi connectivity index (χ0n) is 14.6. The number of nitrogens with one attached hydrogen (secondary N) is 2. The summed E-state index contributed by atoms with van der Waals surface area (Å²) in [6.07, 6.45) is 0.166. The van der Waals surface area contributed by atoms with Crippen molar-refractivity contribution in [1.82, 2.24) is 10.8 Å². The maximum Gasteiger partial charge on any atom is 0.431 e. The number of hydroxylamine groups is 1. The SMILES string of the molecule is O=CCCNC(=O)CONC(=O)OCC1c2ccccc2-c2ccccc21. The Morgan fingerprint density at radius 3 is 2.26 bits per heavy atom. The molecule has 0 atom stereocenters. The minimum atomic E-state index is -0.766. The van der Waals surface area contributed by atoms with Crippen molar-refractivity contribution in [2.75, 3.05) is 19.8 Å². The first kappa shape index (κ1) is 18.6. The van der Waals surface area contributed by atoms with Gasteiger partial charge in [0.1, 0.15) is 12.9 Å². The summed E-state index contributed by atoms with van der Waals surface area (Å²) < 4.78 is 5.27. The highest BCUT2D eigenvalue weighted by Gasteiger charge is 2.28. The summed E-state index contributed by atoms with van der Waals surface area (Å²) >= 11 is 0. The molecular weight excluding hydrogens is 348 g/mol. The number of rotatable bonds is 8. The molecule has 0 spiro atoms. The molecule has 0 aromatic heterocycles. The van der Waals surface area contributed by atoms with Gasteiger partial charge < -0.3 is 14.8 Å². The molecule has 0 saturated carbocycles. The van der Waals surface area contributed by atoms with Crippen molar-refractivity contribution in [2.45, 2.75) is 12.3 Å². The zero-order valence-corrected chi connectivity index (χ0v) is 14.6. The molecule has 7 heteroatoms. The van der Waals surface area contributed by atoms with Crippen molar-refractivity contribution in [3.63, 3.8) is 0 Å². The zero-order chi connectivity index (χ0) is 19.1. The van der Waals surface area contributed by atoms with Crippen molar-refractivity contribution < 1.29 is 24.0 Å². The molecule has 0 saturated heterocycles. The van der Waals surface area contributed by atoms with Crippen LogP contribution >= 0.6 is 0 Å². The number of amides is 2. The van der Waals surface area contributed by atoms with E-state index in [1.165, 1.54) is 0 Å². The monoisotopic (exact) mass is 368 g/mol. The van der Waals surface area contributed by atoms with Crippen LogP contribution in [-0.2, 0) is 19.2 Å². The number of fused-ring (bicyclic) bond motifs is 3. The molecule has 1 aliphatic carbocycles. The first-order valence-electron chi connectivity index (χ1n) is 8.64. The van der Waals surface area contributed by atoms with E-state index < -0.39 is 12.0 Å². The molecule has 7 nitrogen and oxygen atoms in total. The Labute approximate surface area is 156 Å². The number of carbonyl (C=O) groups excluding carboxylic acids is 3. The summed E-state index contributed by atoms with van der Waals surface area (Å²) in [5.74, 6) is -0.481. The summed E-state index contributed by atoms with van der Waals surface area (Å²) in [6.45, 7) is 0.0362. The van der Waals surface area contributed by atoms with Crippen molar-refractivity contribution in [3.8, 4) is 11.1 Å². The topological polar surface area (TPSA) is 93.7 Å². The van der Waals surface area contributed by atoms with Gasteiger partial charge in [-0.2, -0.15) is 5.48 Å². The maximum absolute atomic E-state index is 11.8. The van der Waals surface area contributed by atoms with Gasteiger partial charge in [-0.15, -0.1) is 0 Å². The average molecular weight is 368 g/mol. The third-order valence-corrected chi connectivity index (χ3v) is 4.29. The lowest BCUT2D eigenvalue weighted by atomic mass is 9.98. The second kappa shape index (κ2) is 8.95. The van der Waals surface area contributed by atoms with Crippen molar-refractivity contribution in [1.29, 1.82) is 0 Å². The van der Waals surface area contributed by atoms with Gasteiger partial charge in [0.25, 0.3) is 0 Å². The van der Waals surface area contributed by atoms with E-state index in [0.717, 1.165) is 22.3 Å². The molecule has 2 aromatic carbocycles. The van der Waals surface area contributed by atoms with E-state index in [-0.39, 0.29) is 32.1 Å². The predicted molar refractivity (Wildman–Crippen MR) is 97.8 cm³/mol. The minimum Gasteiger partial charge on any atom is -0.447 e. The van der Waals surface area contributed by atoms with E-state index in [0.29, 0.717) is 6.29 Å². The Bertz CT molecular complexity index is 791. The van der Waals surface area contributed by atoms with Gasteiger partial charge in [-0.3, -0.25) is 9.63 Å². The minimum absolute atomic E-state index is 0.0465. The molecule has 2 amide bonds. The third-order valence-electron chi connectivity index (χ3n) is 4.29. The average Bonchev–Trinajstić information content (AvgIpc) is 3.00. The standard InChI is InChI=1S/C20H20N2O5/c23-11-5-10-21-19(24)13-27-22-20(25)26-12-18-16-8-3-1-6-14(16)15-7-2-4-9-17(15)18/h1-4,6-9,11,18H,5,10,12-13H2,(H,21,24)(H,22,25). The lowest BCUT2D eigenvalue weighted by Gasteiger charge is -2.14. The summed E-state index contributed by atoms with van der Waals surface area (Å²) in [5, 5.41) is 2.47. The quantitative estimate of drug-likeness (QED) is 0.423. The van der Waals surface area contributed by atoms with Crippen LogP contribution in [-0.4, -0.2) is 38.0 Å². The highest BCUT2D eigenvalue weighted by atomic mass is 16.7. The molecule has 2 N–H and O–H groups in total. The lowest BCUT2D eigenvalue weighted by molar-refractivity contribution is -0.127. The fourth-order valence-electron chi connectivity index (χ4n) is 3.11. The van der Waals surface area contributed by atoms with Gasteiger partial charge in [0.2, 0.25) is 5.91 Å². The van der Waals surface area contributed by atoms with Crippen molar-refractivity contribution in [3.05, 3.63) is 59.7 Å². The molecule has 0 radical (unpaired) electrons. The molecule has 27 heavy (non-hydrogen) atoms. The molecule has 0 bridgehead atoms. The highest BCUT2D eigenvalue weighted by molar-refractivity contribution is 5.79. The summed E-state index contributed by atoms with van der Waals surface area (Å²) in [5.41, 5.74) is 6.60. The second-order valence-corrected chi connectivity index (χ2v) is 6.02. The van der Waals surface area contributed by atoms with Crippen molar-refractivity contribution in [2.24, 2.45) is 0 Å². The fraction of sp³-hybridized carbons (Fsp3) is 0.250. The van der Waals surface area contributed by atoms with E-state index in [4.69, 9.17) is 9.57 Å². The van der Waals surface area contributed by atoms with E-state index in [1.807, 2.05) is 36.4 Å². The van der Waals surface area contributed by atoms with Crippen molar-refractivity contribution >= 4 is 18.3 Å². The van der Waals surface area contributed by atoms with Gasteiger partial charge in [-0.25, -0.2) is 4.79 Å². The Morgan fingerprint density at radius 2 is 1.63 bits per heavy atom. The first-order chi connectivity index (χ1) is 13.2. The molecular formula is C20H20N2O5. The van der Waals surface area contributed by atoms with E-state index in [1.54, 1.807) is 0 Å². The second-order valence-electron chi connectivity index (χ2n) is 6.02. The maximum atomic E-state index is 11.8. The molecule has 0 unspecified atom stereocenters. The molecule has 0 aliphatic heterocycles. The van der Waals surface area contributed by atoms with Crippen LogP contribution in [0.3, 0.4) is 0 Å². The van der Waals surface area contributed by atoms with Crippen LogP contribution < -0.4 is 10.8 Å². The van der Waals surface area contributed by atoms with E-state index in [9.17, 15) is 14.4 Å². The van der Waals surface area contributed by atoms with Gasteiger partial charge in [0.15, 0.2) is 6.61 Å². The van der Waals surface area contributed by atoms with Crippen LogP contribution in [0.15, 0.2) is 48.5 Å². The Kier molecular flexibility index (Phi) is 6.17. The Hall–Kier alpha value is -3.19. The first-order valence-corrected chi connectivity index (χ1v) is 8.64. The molecule has 0 fully saturated rings. The molecule has 3 rings (SSSR count). The number of hydrogen-bond acceptors (Lipinski definition) is 5. The van der Waals surface area contributed by atoms with Crippen LogP contribution in [0.5, 0.6) is 0 Å². The van der Waals surface area contributed by atoms with Crippen LogP contribution in [0.25, 0.3) is 11.1 Å². The van der Waals surface area contributed by atoms with Crippen LogP contribution in [0.2, 0.25) is 0 Å². The lowest BCUT2D eigenvalue weighted by Crippen LogP contribution is -2.34. The largest absolute Gasteiger partial charge is 0.447 e. The van der Waals surface area contributed by atoms with Gasteiger partial charge in [0.05, 0.1) is 0 Å². The molecule has 0 heterocycles. The summed E-state index contributed by atoms with van der Waals surface area (Å²) in [6, 6.07) is 16.1. The number of ether oxygens (including phenoxy) is 1. The Balaban J connectivity index is 1.49. The molecule has 140 valence electrons. The van der Waals surface area contributed by atoms with Crippen LogP contribution in [0, 0.1) is 0 Å². The predicted octanol–water partition coefficient (Wildman–Crippen LogP) is 2.16. The van der Waals surface area contributed by atoms with Gasteiger partial charge >= 0.3 is 6.09 Å². The van der Waals surface area contributed by atoms with Gasteiger partial charge in [-0.1, -0.05) is 48.5 Å². The highest BCUT2D eigenvalue weighted by Crippen LogP contribution is 2.44. The number of carbonyl (C=O) groups is 3. The van der Waals surface area contributed by atoms with Crippen LogP contribution in [0.1, 0.15) is 23.5 Å². The summed E-state index contributed by atoms with van der Waals surface area (Å²) in [7, 11) is 0. The number of aldehydes is 1. The van der Waals surface area contributed by atoms with Gasteiger partial charge in [-0.05, 0) is 22.3 Å². The Morgan fingerprint density at radius 1 is 1.00 bits per heavy atom. The van der Waals surface area contributed by atoms with E-state index >= 15 is 0 Å². The number of benzene rings is 2. The fourth-order valence-corrected chi connectivity index (χ4v) is 3.11. The summed E-state index contributed by atoms with van der Waals surface area (Å²) in [4.78, 5) is 38.2. The smallest absolute Gasteiger partial charge is 0.431 e. The van der Waals surface area contributed by atoms with E-state index in [2.05, 4.69) is 22.9 Å². The molecule has 1 aliphatic rings. The van der Waals surface area contributed by atoms with Crippen LogP contribution in [0.4, 0.5) is 4.79 Å². The number of hydrogen-bond donors (Lipinski definition) is 2. The molecule has 2 aromatic rings. The normalized spacial score (nSPS) is 12.0. The third kappa shape index (κ3) is 4.51. The van der Waals surface area contributed by atoms with Gasteiger partial charge in [0, 0.05) is 18.9 Å².